The molecule has 48 heavy (non-hydrogen) atoms. The van der Waals surface area contributed by atoms with Crippen molar-refractivity contribution in [2.75, 3.05) is 13.1 Å². The number of ketones is 1. The number of benzene rings is 4. The number of carbonyl (C=O) groups is 4. The van der Waals surface area contributed by atoms with E-state index in [1.807, 2.05) is 50.2 Å². The smallest absolute Gasteiger partial charge is 0.261 e. The van der Waals surface area contributed by atoms with Gasteiger partial charge in [-0.25, -0.2) is 4.98 Å². The fraction of sp³-hybridized carbons (Fsp3) is 0.211. The second-order valence-electron chi connectivity index (χ2n) is 12.2. The van der Waals surface area contributed by atoms with Gasteiger partial charge >= 0.3 is 0 Å². The van der Waals surface area contributed by atoms with Gasteiger partial charge in [-0.3, -0.25) is 33.4 Å². The molecule has 0 radical (unpaired) electrons. The monoisotopic (exact) mass is 660 g/mol. The Morgan fingerprint density at radius 2 is 1.46 bits per heavy atom. The maximum absolute atomic E-state index is 14.5. The van der Waals surface area contributed by atoms with E-state index in [1.54, 1.807) is 72.2 Å². The molecule has 0 saturated carbocycles. The second kappa shape index (κ2) is 13.4. The lowest BCUT2D eigenvalue weighted by atomic mass is 9.97. The van der Waals surface area contributed by atoms with Crippen molar-refractivity contribution in [3.8, 4) is 0 Å². The number of carbonyl (C=O) groups excluding carboxylic acids is 4. The van der Waals surface area contributed by atoms with Crippen LogP contribution in [0, 0.1) is 12.8 Å². The van der Waals surface area contributed by atoms with Crippen LogP contribution in [0.15, 0.2) is 102 Å². The molecule has 1 aromatic heterocycles. The third kappa shape index (κ3) is 6.16. The number of halogens is 1. The van der Waals surface area contributed by atoms with Gasteiger partial charge in [-0.1, -0.05) is 86.1 Å². The van der Waals surface area contributed by atoms with Crippen molar-refractivity contribution >= 4 is 46.0 Å². The molecule has 0 N–H and O–H groups in total. The van der Waals surface area contributed by atoms with Crippen LogP contribution in [0.25, 0.3) is 10.9 Å². The zero-order chi connectivity index (χ0) is 34.1. The molecule has 10 heteroatoms. The molecule has 3 amide bonds. The summed E-state index contributed by atoms with van der Waals surface area (Å²) in [5, 5.41) is 0.756. The standard InChI is InChI=1S/C38H33ClN4O5/c1-23(2)33(34-40-32-19-26(39)17-18-31(32)38(48)42(34)20-25-12-5-4-6-13-25)41(35(45)28-14-8-7-11-24(28)3)21-27(44)22-43-36(46)29-15-9-10-16-30(29)37(43)47/h4-19,23,33H,20-22H2,1-3H3/t33-/m1/s1. The summed E-state index contributed by atoms with van der Waals surface area (Å²) in [4.78, 5) is 76.1. The summed E-state index contributed by atoms with van der Waals surface area (Å²) >= 11 is 6.33. The first-order chi connectivity index (χ1) is 23.0. The van der Waals surface area contributed by atoms with E-state index in [0.29, 0.717) is 27.1 Å². The SMILES string of the molecule is Cc1ccccc1C(=O)N(CC(=O)CN1C(=O)c2ccccc2C1=O)[C@@H](c1nc2cc(Cl)ccc2c(=O)n1Cc1ccccc1)C(C)C. The number of amides is 3. The molecule has 5 aromatic rings. The first kappa shape index (κ1) is 32.5. The topological polar surface area (TPSA) is 110 Å². The predicted molar refractivity (Wildman–Crippen MR) is 183 cm³/mol. The van der Waals surface area contributed by atoms with Crippen molar-refractivity contribution in [3.63, 3.8) is 0 Å². The number of Topliss-reactive ketones (excluding diaryl/α,β-unsaturated/α-hetero) is 1. The lowest BCUT2D eigenvalue weighted by molar-refractivity contribution is -0.120. The molecule has 0 fully saturated rings. The van der Waals surface area contributed by atoms with E-state index < -0.39 is 42.6 Å². The number of nitrogens with zero attached hydrogens (tertiary/aromatic N) is 4. The largest absolute Gasteiger partial charge is 0.321 e. The van der Waals surface area contributed by atoms with Crippen LogP contribution in [0.1, 0.15) is 67.9 Å². The van der Waals surface area contributed by atoms with E-state index >= 15 is 0 Å². The second-order valence-corrected chi connectivity index (χ2v) is 12.7. The first-order valence-electron chi connectivity index (χ1n) is 15.6. The van der Waals surface area contributed by atoms with Gasteiger partial charge in [0.15, 0.2) is 5.78 Å². The highest BCUT2D eigenvalue weighted by molar-refractivity contribution is 6.31. The fourth-order valence-corrected chi connectivity index (χ4v) is 6.38. The molecule has 0 aliphatic carbocycles. The summed E-state index contributed by atoms with van der Waals surface area (Å²) in [5.41, 5.74) is 2.41. The van der Waals surface area contributed by atoms with Gasteiger partial charge in [-0.05, 0) is 60.4 Å². The van der Waals surface area contributed by atoms with Crippen molar-refractivity contribution in [2.24, 2.45) is 5.92 Å². The third-order valence-electron chi connectivity index (χ3n) is 8.56. The fourth-order valence-electron chi connectivity index (χ4n) is 6.22. The Morgan fingerprint density at radius 1 is 0.833 bits per heavy atom. The molecule has 0 saturated heterocycles. The third-order valence-corrected chi connectivity index (χ3v) is 8.79. The van der Waals surface area contributed by atoms with Crippen molar-refractivity contribution in [3.05, 3.63) is 146 Å². The molecule has 1 atom stereocenters. The summed E-state index contributed by atoms with van der Waals surface area (Å²) in [6, 6.07) is 26.9. The van der Waals surface area contributed by atoms with Gasteiger partial charge in [0.1, 0.15) is 5.82 Å². The normalized spacial score (nSPS) is 13.2. The Morgan fingerprint density at radius 3 is 2.10 bits per heavy atom. The average Bonchev–Trinajstić information content (AvgIpc) is 3.31. The Kier molecular flexibility index (Phi) is 9.06. The van der Waals surface area contributed by atoms with E-state index in [0.717, 1.165) is 10.5 Å². The molecule has 6 rings (SSSR count). The number of hydrogen-bond donors (Lipinski definition) is 0. The van der Waals surface area contributed by atoms with Gasteiger partial charge in [-0.15, -0.1) is 0 Å². The predicted octanol–water partition coefficient (Wildman–Crippen LogP) is 6.11. The van der Waals surface area contributed by atoms with Crippen LogP contribution >= 0.6 is 11.6 Å². The summed E-state index contributed by atoms with van der Waals surface area (Å²) < 4.78 is 1.54. The van der Waals surface area contributed by atoms with Gasteiger partial charge in [0.25, 0.3) is 23.3 Å². The van der Waals surface area contributed by atoms with Crippen LogP contribution in [-0.4, -0.2) is 55.9 Å². The molecule has 1 aliphatic rings. The minimum Gasteiger partial charge on any atom is -0.321 e. The van der Waals surface area contributed by atoms with Crippen LogP contribution in [0.5, 0.6) is 0 Å². The number of rotatable bonds is 10. The molecule has 242 valence electrons. The highest BCUT2D eigenvalue weighted by Crippen LogP contribution is 2.31. The van der Waals surface area contributed by atoms with Crippen LogP contribution in [0.2, 0.25) is 5.02 Å². The van der Waals surface area contributed by atoms with Crippen molar-refractivity contribution < 1.29 is 19.2 Å². The zero-order valence-corrected chi connectivity index (χ0v) is 27.5. The molecule has 0 spiro atoms. The Balaban J connectivity index is 1.47. The minimum absolute atomic E-state index is 0.166. The highest BCUT2D eigenvalue weighted by Gasteiger charge is 2.39. The van der Waals surface area contributed by atoms with Crippen LogP contribution in [-0.2, 0) is 11.3 Å². The lowest BCUT2D eigenvalue weighted by Crippen LogP contribution is -2.46. The van der Waals surface area contributed by atoms with E-state index in [1.165, 1.54) is 4.90 Å². The Labute approximate surface area is 282 Å². The zero-order valence-electron chi connectivity index (χ0n) is 26.7. The maximum Gasteiger partial charge on any atom is 0.261 e. The van der Waals surface area contributed by atoms with Crippen molar-refractivity contribution in [1.29, 1.82) is 0 Å². The lowest BCUT2D eigenvalue weighted by Gasteiger charge is -2.35. The van der Waals surface area contributed by atoms with E-state index in [4.69, 9.17) is 16.6 Å². The summed E-state index contributed by atoms with van der Waals surface area (Å²) in [6.45, 7) is 4.78. The van der Waals surface area contributed by atoms with Gasteiger partial charge in [0, 0.05) is 10.6 Å². The van der Waals surface area contributed by atoms with Crippen molar-refractivity contribution in [1.82, 2.24) is 19.4 Å². The molecule has 2 heterocycles. The summed E-state index contributed by atoms with van der Waals surface area (Å²) in [7, 11) is 0. The highest BCUT2D eigenvalue weighted by atomic mass is 35.5. The maximum atomic E-state index is 14.5. The van der Waals surface area contributed by atoms with Gasteiger partial charge in [0.2, 0.25) is 0 Å². The van der Waals surface area contributed by atoms with Gasteiger partial charge in [0.05, 0.1) is 47.7 Å². The number of imide groups is 1. The summed E-state index contributed by atoms with van der Waals surface area (Å²) in [5.74, 6) is -2.16. The van der Waals surface area contributed by atoms with Crippen LogP contribution in [0.3, 0.4) is 0 Å². The molecular weight excluding hydrogens is 628 g/mol. The Hall–Kier alpha value is -5.41. The van der Waals surface area contributed by atoms with E-state index in [9.17, 15) is 24.0 Å². The molecular formula is C38H33ClN4O5. The van der Waals surface area contributed by atoms with Crippen molar-refractivity contribution in [2.45, 2.75) is 33.4 Å². The molecule has 4 aromatic carbocycles. The number of aryl methyl sites for hydroxylation is 1. The van der Waals surface area contributed by atoms with Crippen LogP contribution in [0.4, 0.5) is 0 Å². The molecule has 1 aliphatic heterocycles. The molecule has 0 bridgehead atoms. The summed E-state index contributed by atoms with van der Waals surface area (Å²) in [6.07, 6.45) is 0. The van der Waals surface area contributed by atoms with E-state index in [-0.39, 0.29) is 35.0 Å². The number of fused-ring (bicyclic) bond motifs is 2. The molecule has 9 nitrogen and oxygen atoms in total. The quantitative estimate of drug-likeness (QED) is 0.167. The average molecular weight is 661 g/mol. The number of hydrogen-bond acceptors (Lipinski definition) is 6. The van der Waals surface area contributed by atoms with Gasteiger partial charge < -0.3 is 4.90 Å². The van der Waals surface area contributed by atoms with E-state index in [2.05, 4.69) is 0 Å². The van der Waals surface area contributed by atoms with Gasteiger partial charge in [-0.2, -0.15) is 0 Å². The minimum atomic E-state index is -0.872. The molecule has 0 unspecified atom stereocenters. The number of aromatic nitrogens is 2. The van der Waals surface area contributed by atoms with Crippen LogP contribution < -0.4 is 5.56 Å². The first-order valence-corrected chi connectivity index (χ1v) is 16.0. The Bertz CT molecular complexity index is 2110.